The lowest BCUT2D eigenvalue weighted by Gasteiger charge is -2.46. The molecule has 2 aliphatic heterocycles. The standard InChI is InChI=1S/C19H24F3N3O4S/c1-17(2,3)25(16(26)27)15-24-18(10-28-7-6-11(18)9-30-15)13-8-12(23)4-5-14(13)29-19(20,21)22/h4-5,8,11H,6-7,9-10,23H2,1-3H3,(H,26,27). The second kappa shape index (κ2) is 7.84. The van der Waals surface area contributed by atoms with Crippen molar-refractivity contribution in [2.24, 2.45) is 10.9 Å². The Kier molecular flexibility index (Phi) is 5.89. The van der Waals surface area contributed by atoms with Gasteiger partial charge in [0.05, 0.1) is 6.61 Å². The topological polar surface area (TPSA) is 97.4 Å². The molecule has 0 radical (unpaired) electrons. The number of aliphatic imine (C=N–C) groups is 1. The van der Waals surface area contributed by atoms with Gasteiger partial charge in [0.1, 0.15) is 11.3 Å². The average Bonchev–Trinajstić information content (AvgIpc) is 2.60. The molecule has 30 heavy (non-hydrogen) atoms. The predicted octanol–water partition coefficient (Wildman–Crippen LogP) is 4.28. The minimum Gasteiger partial charge on any atom is -0.465 e. The Morgan fingerprint density at radius 1 is 1.40 bits per heavy atom. The van der Waals surface area contributed by atoms with E-state index in [-0.39, 0.29) is 28.9 Å². The van der Waals surface area contributed by atoms with Gasteiger partial charge < -0.3 is 20.3 Å². The largest absolute Gasteiger partial charge is 0.573 e. The minimum atomic E-state index is -4.90. The van der Waals surface area contributed by atoms with Gasteiger partial charge in [0.15, 0.2) is 5.17 Å². The van der Waals surface area contributed by atoms with Gasteiger partial charge in [0.2, 0.25) is 0 Å². The molecule has 2 atom stereocenters. The lowest BCUT2D eigenvalue weighted by Crippen LogP contribution is -2.53. The number of nitrogens with zero attached hydrogens (tertiary/aromatic N) is 2. The van der Waals surface area contributed by atoms with Gasteiger partial charge in [0, 0.05) is 35.1 Å². The quantitative estimate of drug-likeness (QED) is 0.657. The summed E-state index contributed by atoms with van der Waals surface area (Å²) < 4.78 is 49.1. The predicted molar refractivity (Wildman–Crippen MR) is 108 cm³/mol. The number of rotatable bonds is 2. The third-order valence-corrected chi connectivity index (χ3v) is 6.17. The number of amidine groups is 1. The second-order valence-electron chi connectivity index (χ2n) is 8.26. The van der Waals surface area contributed by atoms with E-state index in [9.17, 15) is 23.1 Å². The lowest BCUT2D eigenvalue weighted by atomic mass is 9.76. The van der Waals surface area contributed by atoms with Crippen molar-refractivity contribution in [3.63, 3.8) is 0 Å². The second-order valence-corrected chi connectivity index (χ2v) is 9.25. The van der Waals surface area contributed by atoms with Crippen LogP contribution < -0.4 is 10.5 Å². The Labute approximate surface area is 176 Å². The monoisotopic (exact) mass is 447 g/mol. The van der Waals surface area contributed by atoms with E-state index < -0.39 is 29.3 Å². The SMILES string of the molecule is CC(C)(C)N(C(=O)O)C1=NC2(c3cc(N)ccc3OC(F)(F)F)COCCC2CS1. The summed E-state index contributed by atoms with van der Waals surface area (Å²) >= 11 is 1.27. The van der Waals surface area contributed by atoms with Crippen molar-refractivity contribution in [1.29, 1.82) is 0 Å². The summed E-state index contributed by atoms with van der Waals surface area (Å²) in [6.07, 6.45) is -5.54. The number of fused-ring (bicyclic) bond motifs is 1. The van der Waals surface area contributed by atoms with E-state index in [1.165, 1.54) is 23.9 Å². The first-order valence-corrected chi connectivity index (χ1v) is 10.3. The van der Waals surface area contributed by atoms with Crippen molar-refractivity contribution >= 4 is 28.7 Å². The molecule has 3 rings (SSSR count). The smallest absolute Gasteiger partial charge is 0.465 e. The first-order chi connectivity index (χ1) is 13.8. The Hall–Kier alpha value is -2.14. The lowest BCUT2D eigenvalue weighted by molar-refractivity contribution is -0.275. The highest BCUT2D eigenvalue weighted by molar-refractivity contribution is 8.13. The maximum atomic E-state index is 13.1. The number of alkyl halides is 3. The first-order valence-electron chi connectivity index (χ1n) is 9.33. The number of amides is 1. The number of carboxylic acid groups (broad SMARTS) is 1. The van der Waals surface area contributed by atoms with Crippen molar-refractivity contribution in [3.8, 4) is 5.75 Å². The minimum absolute atomic E-state index is 0.00298. The van der Waals surface area contributed by atoms with E-state index in [1.54, 1.807) is 20.8 Å². The van der Waals surface area contributed by atoms with Crippen LogP contribution in [-0.2, 0) is 10.3 Å². The third-order valence-electron chi connectivity index (χ3n) is 5.07. The van der Waals surface area contributed by atoms with Gasteiger partial charge in [-0.15, -0.1) is 13.2 Å². The highest BCUT2D eigenvalue weighted by atomic mass is 32.2. The molecule has 0 aromatic heterocycles. The number of hydrogen-bond acceptors (Lipinski definition) is 6. The molecule has 1 saturated heterocycles. The summed E-state index contributed by atoms with van der Waals surface area (Å²) in [5.74, 6) is -0.115. The summed E-state index contributed by atoms with van der Waals surface area (Å²) in [6.45, 7) is 5.60. The number of benzene rings is 1. The third kappa shape index (κ3) is 4.46. The van der Waals surface area contributed by atoms with Crippen LogP contribution in [0.3, 0.4) is 0 Å². The Balaban J connectivity index is 2.20. The van der Waals surface area contributed by atoms with Gasteiger partial charge >= 0.3 is 12.5 Å². The van der Waals surface area contributed by atoms with E-state index in [4.69, 9.17) is 15.5 Å². The van der Waals surface area contributed by atoms with E-state index in [2.05, 4.69) is 4.74 Å². The van der Waals surface area contributed by atoms with Gasteiger partial charge in [-0.1, -0.05) is 11.8 Å². The molecule has 0 bridgehead atoms. The van der Waals surface area contributed by atoms with Crippen molar-refractivity contribution < 1.29 is 32.5 Å². The van der Waals surface area contributed by atoms with Gasteiger partial charge in [-0.2, -0.15) is 0 Å². The van der Waals surface area contributed by atoms with Gasteiger partial charge in [-0.25, -0.2) is 9.79 Å². The molecule has 11 heteroatoms. The van der Waals surface area contributed by atoms with Crippen LogP contribution >= 0.6 is 11.8 Å². The first kappa shape index (κ1) is 22.5. The number of ether oxygens (including phenoxy) is 2. The number of nitrogens with two attached hydrogens (primary N) is 1. The Morgan fingerprint density at radius 3 is 2.70 bits per heavy atom. The molecule has 166 valence electrons. The van der Waals surface area contributed by atoms with E-state index >= 15 is 0 Å². The average molecular weight is 447 g/mol. The summed E-state index contributed by atoms with van der Waals surface area (Å²) in [5, 5.41) is 9.98. The fourth-order valence-corrected chi connectivity index (χ4v) is 5.26. The number of halogens is 3. The van der Waals surface area contributed by atoms with E-state index in [0.29, 0.717) is 18.8 Å². The van der Waals surface area contributed by atoms with Crippen molar-refractivity contribution in [2.45, 2.75) is 44.6 Å². The van der Waals surface area contributed by atoms with Crippen LogP contribution in [0.15, 0.2) is 23.2 Å². The summed E-state index contributed by atoms with van der Waals surface area (Å²) in [5.41, 5.74) is 4.24. The number of carbonyl (C=O) groups is 1. The van der Waals surface area contributed by atoms with Crippen LogP contribution in [0, 0.1) is 5.92 Å². The molecule has 0 aliphatic carbocycles. The molecular weight excluding hydrogens is 423 g/mol. The molecular formula is C19H24F3N3O4S. The van der Waals surface area contributed by atoms with Gasteiger partial charge in [-0.05, 0) is 45.4 Å². The van der Waals surface area contributed by atoms with Crippen molar-refractivity contribution in [1.82, 2.24) is 4.90 Å². The Bertz CT molecular complexity index is 856. The molecule has 2 heterocycles. The van der Waals surface area contributed by atoms with Crippen LogP contribution in [0.4, 0.5) is 23.7 Å². The zero-order valence-electron chi connectivity index (χ0n) is 16.8. The highest BCUT2D eigenvalue weighted by Crippen LogP contribution is 2.49. The molecule has 1 fully saturated rings. The molecule has 1 aromatic carbocycles. The van der Waals surface area contributed by atoms with Gasteiger partial charge in [-0.3, -0.25) is 4.90 Å². The van der Waals surface area contributed by atoms with Crippen LogP contribution in [0.25, 0.3) is 0 Å². The number of hydrogen-bond donors (Lipinski definition) is 2. The van der Waals surface area contributed by atoms with Crippen LogP contribution in [0.1, 0.15) is 32.8 Å². The normalized spacial score (nSPS) is 24.6. The maximum Gasteiger partial charge on any atom is 0.573 e. The summed E-state index contributed by atoms with van der Waals surface area (Å²) in [6, 6.07) is 3.89. The fraction of sp³-hybridized carbons (Fsp3) is 0.579. The molecule has 3 N–H and O–H groups in total. The van der Waals surface area contributed by atoms with Crippen LogP contribution in [0.5, 0.6) is 5.75 Å². The van der Waals surface area contributed by atoms with Gasteiger partial charge in [0.25, 0.3) is 0 Å². The molecule has 0 spiro atoms. The molecule has 7 nitrogen and oxygen atoms in total. The van der Waals surface area contributed by atoms with E-state index in [0.717, 1.165) is 11.0 Å². The molecule has 2 aliphatic rings. The number of thioether (sulfide) groups is 1. The van der Waals surface area contributed by atoms with Crippen molar-refractivity contribution in [2.75, 3.05) is 24.7 Å². The number of nitrogen functional groups attached to an aromatic ring is 1. The fourth-order valence-electron chi connectivity index (χ4n) is 3.76. The van der Waals surface area contributed by atoms with E-state index in [1.807, 2.05) is 0 Å². The summed E-state index contributed by atoms with van der Waals surface area (Å²) in [4.78, 5) is 17.8. The Morgan fingerprint density at radius 2 is 2.10 bits per heavy atom. The summed E-state index contributed by atoms with van der Waals surface area (Å²) in [7, 11) is 0. The van der Waals surface area contributed by atoms with Crippen LogP contribution in [-0.4, -0.2) is 52.1 Å². The van der Waals surface area contributed by atoms with Crippen molar-refractivity contribution in [3.05, 3.63) is 23.8 Å². The molecule has 0 saturated carbocycles. The zero-order valence-corrected chi connectivity index (χ0v) is 17.6. The molecule has 2 unspecified atom stereocenters. The highest BCUT2D eigenvalue weighted by Gasteiger charge is 2.50. The molecule has 1 aromatic rings. The van der Waals surface area contributed by atoms with Crippen LogP contribution in [0.2, 0.25) is 0 Å². The number of anilines is 1. The zero-order chi connectivity index (χ0) is 22.3. The maximum absolute atomic E-state index is 13.1. The molecule has 1 amide bonds.